The Hall–Kier alpha value is -3.40. The number of aromatic nitrogens is 5. The number of rotatable bonds is 5. The van der Waals surface area contributed by atoms with E-state index in [1.54, 1.807) is 18.6 Å². The number of pyridine rings is 1. The number of nitrogens with zero attached hydrogens (tertiary/aromatic N) is 6. The van der Waals surface area contributed by atoms with Gasteiger partial charge in [-0.05, 0) is 85.7 Å². The molecule has 1 aromatic carbocycles. The lowest BCUT2D eigenvalue weighted by Gasteiger charge is -2.48. The minimum atomic E-state index is -4.59. The summed E-state index contributed by atoms with van der Waals surface area (Å²) in [7, 11) is 1.94. The van der Waals surface area contributed by atoms with E-state index < -0.39 is 17.4 Å². The maximum Gasteiger partial charge on any atom is 0.418 e. The Morgan fingerprint density at radius 3 is 2.60 bits per heavy atom. The molecule has 4 aromatic rings. The van der Waals surface area contributed by atoms with Crippen LogP contribution >= 0.6 is 0 Å². The van der Waals surface area contributed by atoms with Crippen molar-refractivity contribution in [2.45, 2.75) is 63.6 Å². The van der Waals surface area contributed by atoms with Crippen molar-refractivity contribution in [2.75, 3.05) is 13.1 Å². The standard InChI is InChI=1S/C30H33F3N6O/c1-20-5-4-10-37(13-20)14-21-11-24(30(31,32)33)25-16-38(27(40)39(25)15-21)23-7-3-6-22(12-23)29(17-28(18-29)8-9-28)26-35-34-19-36(26)2/h3,6-7,11-12,15-16,19-20H,4-5,8-10,13-14,17-18H2,1-2H3/t20-/m0/s1. The zero-order valence-electron chi connectivity index (χ0n) is 22.8. The number of halogens is 3. The van der Waals surface area contributed by atoms with Crippen molar-refractivity contribution in [1.82, 2.24) is 28.6 Å². The molecule has 1 spiro atoms. The average Bonchev–Trinajstić information content (AvgIpc) is 3.46. The van der Waals surface area contributed by atoms with Gasteiger partial charge < -0.3 is 4.57 Å². The molecule has 0 amide bonds. The molecule has 1 aliphatic heterocycles. The Morgan fingerprint density at radius 2 is 1.93 bits per heavy atom. The molecule has 7 nitrogen and oxygen atoms in total. The van der Waals surface area contributed by atoms with Crippen molar-refractivity contribution in [3.8, 4) is 5.69 Å². The fraction of sp³-hybridized carbons (Fsp3) is 0.500. The van der Waals surface area contributed by atoms with Crippen LogP contribution in [0.15, 0.2) is 53.8 Å². The number of piperidine rings is 1. The molecule has 0 radical (unpaired) electrons. The van der Waals surface area contributed by atoms with Gasteiger partial charge in [-0.3, -0.25) is 13.9 Å². The van der Waals surface area contributed by atoms with Crippen molar-refractivity contribution in [2.24, 2.45) is 18.4 Å². The topological polar surface area (TPSA) is 60.4 Å². The first kappa shape index (κ1) is 25.6. The van der Waals surface area contributed by atoms with E-state index in [0.717, 1.165) is 50.2 Å². The van der Waals surface area contributed by atoms with E-state index in [9.17, 15) is 18.0 Å². The Bertz CT molecular complexity index is 1650. The fourth-order valence-electron chi connectivity index (χ4n) is 7.35. The lowest BCUT2D eigenvalue weighted by molar-refractivity contribution is -0.136. The third-order valence-electron chi connectivity index (χ3n) is 9.40. The molecular formula is C30H33F3N6O. The Balaban J connectivity index is 1.31. The minimum Gasteiger partial charge on any atom is -0.320 e. The number of hydrogen-bond donors (Lipinski definition) is 0. The van der Waals surface area contributed by atoms with Gasteiger partial charge in [0.15, 0.2) is 0 Å². The van der Waals surface area contributed by atoms with Crippen LogP contribution in [0.2, 0.25) is 0 Å². The van der Waals surface area contributed by atoms with Gasteiger partial charge in [0, 0.05) is 32.5 Å². The quantitative estimate of drug-likeness (QED) is 0.337. The summed E-state index contributed by atoms with van der Waals surface area (Å²) in [6.45, 7) is 4.24. The predicted molar refractivity (Wildman–Crippen MR) is 144 cm³/mol. The van der Waals surface area contributed by atoms with Crippen molar-refractivity contribution < 1.29 is 13.2 Å². The molecule has 3 aliphatic rings. The monoisotopic (exact) mass is 550 g/mol. The smallest absolute Gasteiger partial charge is 0.320 e. The molecule has 0 N–H and O–H groups in total. The lowest BCUT2D eigenvalue weighted by atomic mass is 9.56. The summed E-state index contributed by atoms with van der Waals surface area (Å²) in [4.78, 5) is 15.8. The van der Waals surface area contributed by atoms with E-state index in [1.807, 2.05) is 29.8 Å². The highest BCUT2D eigenvalue weighted by Gasteiger charge is 2.63. The largest absolute Gasteiger partial charge is 0.418 e. The highest BCUT2D eigenvalue weighted by Crippen LogP contribution is 2.70. The van der Waals surface area contributed by atoms with Gasteiger partial charge in [0.05, 0.1) is 22.2 Å². The van der Waals surface area contributed by atoms with Crippen LogP contribution in [-0.2, 0) is 25.2 Å². The van der Waals surface area contributed by atoms with Crippen molar-refractivity contribution in [3.63, 3.8) is 0 Å². The Morgan fingerprint density at radius 1 is 1.12 bits per heavy atom. The predicted octanol–water partition coefficient (Wildman–Crippen LogP) is 5.33. The number of fused-ring (bicyclic) bond motifs is 1. The third kappa shape index (κ3) is 4.10. The molecule has 1 atom stereocenters. The molecule has 0 bridgehead atoms. The number of aryl methyl sites for hydroxylation is 1. The van der Waals surface area contributed by atoms with Crippen LogP contribution in [0.25, 0.3) is 11.2 Å². The van der Waals surface area contributed by atoms with Crippen LogP contribution in [0.3, 0.4) is 0 Å². The maximum atomic E-state index is 14.3. The van der Waals surface area contributed by atoms with Gasteiger partial charge in [-0.1, -0.05) is 19.1 Å². The third-order valence-corrected chi connectivity index (χ3v) is 9.40. The van der Waals surface area contributed by atoms with Gasteiger partial charge in [-0.15, -0.1) is 10.2 Å². The summed E-state index contributed by atoms with van der Waals surface area (Å²) in [5, 5.41) is 8.56. The SMILES string of the molecule is C[C@H]1CCCN(Cc2cc(C(F)(F)F)c3cn(-c4cccc(C5(c6nncn6C)CC6(CC6)C5)c4)c(=O)n3c2)C1. The van der Waals surface area contributed by atoms with Gasteiger partial charge in [-0.2, -0.15) is 13.2 Å². The number of hydrogen-bond acceptors (Lipinski definition) is 4. The average molecular weight is 551 g/mol. The highest BCUT2D eigenvalue weighted by atomic mass is 19.4. The maximum absolute atomic E-state index is 14.3. The van der Waals surface area contributed by atoms with E-state index in [-0.39, 0.29) is 10.9 Å². The second-order valence-electron chi connectivity index (χ2n) is 12.5. The summed E-state index contributed by atoms with van der Waals surface area (Å²) in [6.07, 6.45) is 6.50. The van der Waals surface area contributed by atoms with Crippen molar-refractivity contribution in [3.05, 3.63) is 82.1 Å². The zero-order valence-corrected chi connectivity index (χ0v) is 22.8. The summed E-state index contributed by atoms with van der Waals surface area (Å²) < 4.78 is 47.3. The second-order valence-corrected chi connectivity index (χ2v) is 12.5. The van der Waals surface area contributed by atoms with E-state index in [1.165, 1.54) is 34.1 Å². The molecule has 10 heteroatoms. The van der Waals surface area contributed by atoms with Crippen LogP contribution in [-0.4, -0.2) is 41.7 Å². The lowest BCUT2D eigenvalue weighted by Crippen LogP contribution is -2.45. The fourth-order valence-corrected chi connectivity index (χ4v) is 7.35. The summed E-state index contributed by atoms with van der Waals surface area (Å²) in [5.74, 6) is 1.39. The Labute approximate surface area is 230 Å². The molecule has 2 aliphatic carbocycles. The molecular weight excluding hydrogens is 517 g/mol. The summed E-state index contributed by atoms with van der Waals surface area (Å²) in [5.41, 5.74) is 0.652. The molecule has 210 valence electrons. The normalized spacial score (nSPS) is 22.1. The number of benzene rings is 1. The van der Waals surface area contributed by atoms with Gasteiger partial charge >= 0.3 is 11.9 Å². The van der Waals surface area contributed by atoms with Crippen molar-refractivity contribution in [1.29, 1.82) is 0 Å². The van der Waals surface area contributed by atoms with Gasteiger partial charge in [0.25, 0.3) is 0 Å². The molecule has 3 aromatic heterocycles. The Kier molecular flexibility index (Phi) is 5.62. The van der Waals surface area contributed by atoms with E-state index in [2.05, 4.69) is 22.0 Å². The first-order chi connectivity index (χ1) is 19.1. The molecule has 40 heavy (non-hydrogen) atoms. The van der Waals surface area contributed by atoms with E-state index in [4.69, 9.17) is 0 Å². The van der Waals surface area contributed by atoms with Crippen LogP contribution in [0.4, 0.5) is 13.2 Å². The summed E-state index contributed by atoms with van der Waals surface area (Å²) >= 11 is 0. The first-order valence-electron chi connectivity index (χ1n) is 14.1. The second kappa shape index (κ2) is 8.80. The minimum absolute atomic E-state index is 0.137. The molecule has 2 saturated carbocycles. The van der Waals surface area contributed by atoms with Gasteiger partial charge in [-0.25, -0.2) is 4.79 Å². The molecule has 7 rings (SSSR count). The molecule has 1 saturated heterocycles. The summed E-state index contributed by atoms with van der Waals surface area (Å²) in [6, 6.07) is 8.84. The molecule has 4 heterocycles. The number of likely N-dealkylation sites (tertiary alicyclic amines) is 1. The zero-order chi connectivity index (χ0) is 27.9. The van der Waals surface area contributed by atoms with Crippen molar-refractivity contribution >= 4 is 5.52 Å². The van der Waals surface area contributed by atoms with Crippen LogP contribution in [0, 0.1) is 11.3 Å². The van der Waals surface area contributed by atoms with Gasteiger partial charge in [0.1, 0.15) is 12.2 Å². The molecule has 0 unspecified atom stereocenters. The van der Waals surface area contributed by atoms with Gasteiger partial charge in [0.2, 0.25) is 0 Å². The van der Waals surface area contributed by atoms with Crippen LogP contribution in [0.5, 0.6) is 0 Å². The van der Waals surface area contributed by atoms with E-state index >= 15 is 0 Å². The number of imidazole rings is 1. The van der Waals surface area contributed by atoms with Crippen LogP contribution in [0.1, 0.15) is 68.0 Å². The van der Waals surface area contributed by atoms with E-state index in [0.29, 0.717) is 29.1 Å². The van der Waals surface area contributed by atoms with Crippen LogP contribution < -0.4 is 5.69 Å². The first-order valence-corrected chi connectivity index (χ1v) is 14.1. The number of alkyl halides is 3. The molecule has 3 fully saturated rings. The highest BCUT2D eigenvalue weighted by molar-refractivity contribution is 5.58.